The second-order valence-electron chi connectivity index (χ2n) is 8.53. The predicted molar refractivity (Wildman–Crippen MR) is 163 cm³/mol. The molecule has 1 atom stereocenters. The van der Waals surface area contributed by atoms with Crippen LogP contribution in [0.1, 0.15) is 49.9 Å². The van der Waals surface area contributed by atoms with Crippen LogP contribution in [0.3, 0.4) is 0 Å². The maximum Gasteiger partial charge on any atom is 0.328 e. The van der Waals surface area contributed by atoms with Gasteiger partial charge in [0.1, 0.15) is 5.75 Å². The van der Waals surface area contributed by atoms with Gasteiger partial charge in [0, 0.05) is 11.8 Å². The molecule has 210 valence electrons. The fourth-order valence-corrected chi connectivity index (χ4v) is 3.35. The Labute approximate surface area is 236 Å². The molecule has 0 saturated heterocycles. The van der Waals surface area contributed by atoms with Crippen LogP contribution in [-0.2, 0) is 20.8 Å². The number of phenols is 1. The van der Waals surface area contributed by atoms with Crippen LogP contribution in [0.15, 0.2) is 89.9 Å². The summed E-state index contributed by atoms with van der Waals surface area (Å²) >= 11 is 0. The first-order valence-corrected chi connectivity index (χ1v) is 13.0. The van der Waals surface area contributed by atoms with Crippen LogP contribution >= 0.6 is 0 Å². The highest BCUT2D eigenvalue weighted by Crippen LogP contribution is 2.21. The van der Waals surface area contributed by atoms with Crippen molar-refractivity contribution in [3.05, 3.63) is 107 Å². The van der Waals surface area contributed by atoms with E-state index in [1.54, 1.807) is 31.2 Å². The van der Waals surface area contributed by atoms with Crippen molar-refractivity contribution in [2.45, 2.75) is 47.1 Å². The SMILES string of the molecule is CC.CC(/C=C/C(=O)O)=Nc1ccc(/C=C/c2ccccc2)cc1C.CC(=O)C(Cc1ccc(O)cc1)NC=O. The summed E-state index contributed by atoms with van der Waals surface area (Å²) in [5, 5.41) is 20.1. The number of carboxylic acid groups (broad SMARTS) is 1. The van der Waals surface area contributed by atoms with Crippen molar-refractivity contribution in [3.63, 3.8) is 0 Å². The molecule has 0 heterocycles. The molecule has 40 heavy (non-hydrogen) atoms. The minimum Gasteiger partial charge on any atom is -0.508 e. The van der Waals surface area contributed by atoms with Crippen molar-refractivity contribution in [2.75, 3.05) is 0 Å². The summed E-state index contributed by atoms with van der Waals surface area (Å²) < 4.78 is 0. The summed E-state index contributed by atoms with van der Waals surface area (Å²) in [6.45, 7) is 9.20. The number of aryl methyl sites for hydroxylation is 1. The summed E-state index contributed by atoms with van der Waals surface area (Å²) in [4.78, 5) is 36.3. The van der Waals surface area contributed by atoms with E-state index in [0.29, 0.717) is 18.5 Å². The molecule has 0 aliphatic carbocycles. The van der Waals surface area contributed by atoms with Crippen LogP contribution in [0.5, 0.6) is 5.75 Å². The average molecular weight is 543 g/mol. The number of nitrogens with zero attached hydrogens (tertiary/aromatic N) is 1. The van der Waals surface area contributed by atoms with Crippen LogP contribution < -0.4 is 5.32 Å². The number of carboxylic acids is 1. The van der Waals surface area contributed by atoms with Gasteiger partial charge in [0.05, 0.1) is 11.7 Å². The Balaban J connectivity index is 0.000000408. The lowest BCUT2D eigenvalue weighted by Crippen LogP contribution is -2.36. The highest BCUT2D eigenvalue weighted by Gasteiger charge is 2.13. The van der Waals surface area contributed by atoms with E-state index in [0.717, 1.165) is 34.0 Å². The maximum atomic E-state index is 11.1. The van der Waals surface area contributed by atoms with E-state index in [4.69, 9.17) is 10.2 Å². The minimum absolute atomic E-state index is 0.0878. The molecule has 0 bridgehead atoms. The van der Waals surface area contributed by atoms with Gasteiger partial charge in [0.15, 0.2) is 5.78 Å². The van der Waals surface area contributed by atoms with Gasteiger partial charge in [-0.25, -0.2) is 4.79 Å². The van der Waals surface area contributed by atoms with E-state index in [2.05, 4.69) is 40.7 Å². The summed E-state index contributed by atoms with van der Waals surface area (Å²) in [5.41, 5.74) is 5.69. The van der Waals surface area contributed by atoms with Crippen LogP contribution in [0.25, 0.3) is 12.2 Å². The highest BCUT2D eigenvalue weighted by molar-refractivity contribution is 5.99. The number of carbonyl (C=O) groups is 3. The van der Waals surface area contributed by atoms with Gasteiger partial charge in [0.2, 0.25) is 6.41 Å². The normalized spacial score (nSPS) is 11.6. The molecule has 0 aromatic heterocycles. The largest absolute Gasteiger partial charge is 0.508 e. The molecule has 3 aromatic carbocycles. The van der Waals surface area contributed by atoms with E-state index >= 15 is 0 Å². The van der Waals surface area contributed by atoms with E-state index in [1.165, 1.54) is 13.0 Å². The standard InChI is InChI=1S/C20H19NO2.C11H13NO3.C2H6/c1-15-14-18(10-9-17-6-4-3-5-7-17)11-12-19(15)21-16(2)8-13-20(22)23;1-8(14)11(12-7-13)6-9-2-4-10(15)5-3-9;1-2/h3-14H,1-2H3,(H,22,23);2-5,7,11,15H,6H2,1H3,(H,12,13);1-2H3/b10-9+,13-8+,21-16?;;. The molecule has 0 radical (unpaired) electrons. The number of Topliss-reactive ketones (excluding diaryl/α,β-unsaturated/α-hetero) is 1. The van der Waals surface area contributed by atoms with E-state index in [-0.39, 0.29) is 11.5 Å². The molecule has 0 aliphatic heterocycles. The van der Waals surface area contributed by atoms with Gasteiger partial charge < -0.3 is 15.5 Å². The number of allylic oxidation sites excluding steroid dienone is 1. The molecular weight excluding hydrogens is 504 g/mol. The fraction of sp³-hybridized carbons (Fsp3) is 0.212. The molecule has 0 saturated carbocycles. The second kappa shape index (κ2) is 18.5. The summed E-state index contributed by atoms with van der Waals surface area (Å²) in [6.07, 6.45) is 7.67. The number of carbonyl (C=O) groups excluding carboxylic acids is 2. The molecule has 1 amide bonds. The van der Waals surface area contributed by atoms with Gasteiger partial charge in [-0.2, -0.15) is 0 Å². The van der Waals surface area contributed by atoms with Crippen molar-refractivity contribution >= 4 is 41.7 Å². The topological polar surface area (TPSA) is 116 Å². The van der Waals surface area contributed by atoms with Crippen LogP contribution in [0.2, 0.25) is 0 Å². The Morgan fingerprint density at radius 2 is 1.52 bits per heavy atom. The molecule has 0 spiro atoms. The lowest BCUT2D eigenvalue weighted by Gasteiger charge is -2.12. The lowest BCUT2D eigenvalue weighted by atomic mass is 10.0. The van der Waals surface area contributed by atoms with Crippen LogP contribution in [0.4, 0.5) is 5.69 Å². The summed E-state index contributed by atoms with van der Waals surface area (Å²) in [6, 6.07) is 22.2. The molecule has 7 nitrogen and oxygen atoms in total. The number of nitrogens with one attached hydrogen (secondary N) is 1. The van der Waals surface area contributed by atoms with E-state index in [9.17, 15) is 14.4 Å². The van der Waals surface area contributed by atoms with Gasteiger partial charge in [-0.1, -0.05) is 74.5 Å². The predicted octanol–water partition coefficient (Wildman–Crippen LogP) is 6.56. The first-order chi connectivity index (χ1) is 19.2. The van der Waals surface area contributed by atoms with Gasteiger partial charge >= 0.3 is 5.97 Å². The monoisotopic (exact) mass is 542 g/mol. The van der Waals surface area contributed by atoms with Crippen molar-refractivity contribution in [1.82, 2.24) is 5.32 Å². The van der Waals surface area contributed by atoms with Gasteiger partial charge in [-0.05, 0) is 79.8 Å². The number of aliphatic imine (C=N–C) groups is 1. The number of rotatable bonds is 10. The first kappa shape index (κ1) is 33.2. The quantitative estimate of drug-likeness (QED) is 0.116. The summed E-state index contributed by atoms with van der Waals surface area (Å²) in [7, 11) is 0. The molecule has 0 aliphatic rings. The van der Waals surface area contributed by atoms with Crippen molar-refractivity contribution in [3.8, 4) is 5.75 Å². The number of ketones is 1. The van der Waals surface area contributed by atoms with Gasteiger partial charge in [-0.3, -0.25) is 14.6 Å². The third-order valence-corrected chi connectivity index (χ3v) is 5.39. The van der Waals surface area contributed by atoms with Crippen LogP contribution in [-0.4, -0.2) is 40.1 Å². The van der Waals surface area contributed by atoms with Crippen molar-refractivity contribution in [1.29, 1.82) is 0 Å². The number of hydrogen-bond donors (Lipinski definition) is 3. The molecule has 7 heteroatoms. The number of benzene rings is 3. The molecule has 3 N–H and O–H groups in total. The number of aliphatic carboxylic acids is 1. The van der Waals surface area contributed by atoms with Crippen molar-refractivity contribution in [2.24, 2.45) is 4.99 Å². The van der Waals surface area contributed by atoms with Crippen molar-refractivity contribution < 1.29 is 24.6 Å². The number of hydrogen-bond acceptors (Lipinski definition) is 5. The Hall–Kier alpha value is -4.78. The zero-order valence-corrected chi connectivity index (χ0v) is 23.7. The zero-order valence-electron chi connectivity index (χ0n) is 23.7. The smallest absolute Gasteiger partial charge is 0.328 e. The third kappa shape index (κ3) is 13.1. The number of phenolic OH excluding ortho intramolecular Hbond substituents is 1. The Morgan fingerprint density at radius 3 is 2.08 bits per heavy atom. The highest BCUT2D eigenvalue weighted by atomic mass is 16.4. The van der Waals surface area contributed by atoms with E-state index < -0.39 is 12.0 Å². The Kier molecular flexibility index (Phi) is 15.4. The van der Waals surface area contributed by atoms with Gasteiger partial charge in [-0.15, -0.1) is 0 Å². The van der Waals surface area contributed by atoms with Crippen LogP contribution in [0, 0.1) is 6.92 Å². The zero-order chi connectivity index (χ0) is 29.9. The molecule has 0 fully saturated rings. The third-order valence-electron chi connectivity index (χ3n) is 5.39. The van der Waals surface area contributed by atoms with Gasteiger partial charge in [0.25, 0.3) is 0 Å². The molecular formula is C33H38N2O5. The van der Waals surface area contributed by atoms with E-state index in [1.807, 2.05) is 51.1 Å². The molecule has 3 rings (SSSR count). The summed E-state index contributed by atoms with van der Waals surface area (Å²) in [5.74, 6) is -0.880. The Bertz CT molecular complexity index is 1310. The molecule has 1 unspecified atom stereocenters. The first-order valence-electron chi connectivity index (χ1n) is 13.0. The number of amides is 1. The maximum absolute atomic E-state index is 11.1. The molecule has 3 aromatic rings. The minimum atomic E-state index is -0.974. The average Bonchev–Trinajstić information content (AvgIpc) is 2.95. The second-order valence-corrected chi connectivity index (χ2v) is 8.53. The fourth-order valence-electron chi connectivity index (χ4n) is 3.35. The lowest BCUT2D eigenvalue weighted by molar-refractivity contribution is -0.131. The Morgan fingerprint density at radius 1 is 0.900 bits per heavy atom. The number of aromatic hydroxyl groups is 1.